The molecule has 0 spiro atoms. The van der Waals surface area contributed by atoms with Crippen LogP contribution in [0, 0.1) is 0 Å². The minimum atomic E-state index is -4.52. The van der Waals surface area contributed by atoms with Crippen LogP contribution in [-0.2, 0) is 6.18 Å². The van der Waals surface area contributed by atoms with Gasteiger partial charge in [0.2, 0.25) is 0 Å². The Morgan fingerprint density at radius 3 is 2.67 bits per heavy atom. The van der Waals surface area contributed by atoms with Gasteiger partial charge in [0, 0.05) is 41.1 Å². The van der Waals surface area contributed by atoms with Gasteiger partial charge in [-0.1, -0.05) is 0 Å². The van der Waals surface area contributed by atoms with Crippen molar-refractivity contribution < 1.29 is 13.2 Å². The summed E-state index contributed by atoms with van der Waals surface area (Å²) >= 11 is 1.68. The maximum absolute atomic E-state index is 13.6. The van der Waals surface area contributed by atoms with Crippen LogP contribution in [0.15, 0.2) is 61.1 Å². The Hall–Kier alpha value is -3.59. The van der Waals surface area contributed by atoms with Gasteiger partial charge in [-0.2, -0.15) is 13.2 Å². The van der Waals surface area contributed by atoms with Gasteiger partial charge in [0.05, 0.1) is 32.0 Å². The normalized spacial score (nSPS) is 14.2. The number of anilines is 2. The van der Waals surface area contributed by atoms with Crippen molar-refractivity contribution in [3.8, 4) is 11.3 Å². The number of nitrogens with one attached hydrogen (secondary N) is 1. The number of alkyl halides is 3. The van der Waals surface area contributed by atoms with Crippen molar-refractivity contribution in [2.24, 2.45) is 0 Å². The van der Waals surface area contributed by atoms with E-state index in [1.54, 1.807) is 29.7 Å². The van der Waals surface area contributed by atoms with E-state index in [2.05, 4.69) is 20.3 Å². The molecule has 0 aliphatic heterocycles. The Kier molecular flexibility index (Phi) is 4.55. The van der Waals surface area contributed by atoms with Crippen LogP contribution in [0.5, 0.6) is 0 Å². The summed E-state index contributed by atoms with van der Waals surface area (Å²) in [5, 5.41) is 5.16. The minimum absolute atomic E-state index is 0.0902. The summed E-state index contributed by atoms with van der Waals surface area (Å²) in [5.41, 5.74) is 1.55. The summed E-state index contributed by atoms with van der Waals surface area (Å²) in [4.78, 5) is 17.5. The van der Waals surface area contributed by atoms with Crippen molar-refractivity contribution in [3.63, 3.8) is 0 Å². The van der Waals surface area contributed by atoms with Crippen molar-refractivity contribution in [3.05, 3.63) is 71.6 Å². The second-order valence-corrected chi connectivity index (χ2v) is 9.04. The van der Waals surface area contributed by atoms with Crippen LogP contribution in [0.25, 0.3) is 32.4 Å². The van der Waals surface area contributed by atoms with Crippen molar-refractivity contribution >= 4 is 44.0 Å². The van der Waals surface area contributed by atoms with Crippen molar-refractivity contribution in [1.29, 1.82) is 0 Å². The summed E-state index contributed by atoms with van der Waals surface area (Å²) in [6.07, 6.45) is 1.77. The number of nitrogens with zero attached hydrogens (tertiary/aromatic N) is 4. The Bertz CT molecular complexity index is 1510. The molecule has 1 aliphatic rings. The number of halogens is 3. The number of hydrogen-bond donors (Lipinski definition) is 1. The fourth-order valence-electron chi connectivity index (χ4n) is 3.82. The molecule has 4 aromatic heterocycles. The standard InChI is InChI=1S/C24H16F3N5S/c25-24(26,27)17-7-9-28-12-16(17)20-11-19-15(2-1-8-29-19)22(31-20)30-14-5-6-18-21(10-14)33-23(32-18)13-3-4-13/h1-2,5-13H,3-4H2,(H,30,31). The van der Waals surface area contributed by atoms with Crippen molar-refractivity contribution in [2.45, 2.75) is 24.9 Å². The minimum Gasteiger partial charge on any atom is -0.340 e. The van der Waals surface area contributed by atoms with Gasteiger partial charge in [-0.3, -0.25) is 9.97 Å². The van der Waals surface area contributed by atoms with E-state index in [1.807, 2.05) is 24.3 Å². The van der Waals surface area contributed by atoms with Crippen LogP contribution >= 0.6 is 11.3 Å². The second kappa shape index (κ2) is 7.48. The van der Waals surface area contributed by atoms with E-state index in [0.717, 1.165) is 33.2 Å². The Balaban J connectivity index is 1.46. The third-order valence-corrected chi connectivity index (χ3v) is 6.78. The van der Waals surface area contributed by atoms with E-state index in [9.17, 15) is 13.2 Å². The lowest BCUT2D eigenvalue weighted by atomic mass is 10.1. The van der Waals surface area contributed by atoms with Gasteiger partial charge in [-0.05, 0) is 55.3 Å². The molecule has 9 heteroatoms. The highest BCUT2D eigenvalue weighted by atomic mass is 32.1. The second-order valence-electron chi connectivity index (χ2n) is 7.98. The molecule has 5 aromatic rings. The number of aromatic nitrogens is 4. The third kappa shape index (κ3) is 3.78. The molecule has 164 valence electrons. The first kappa shape index (κ1) is 20.0. The van der Waals surface area contributed by atoms with E-state index < -0.39 is 11.7 Å². The largest absolute Gasteiger partial charge is 0.417 e. The summed E-state index contributed by atoms with van der Waals surface area (Å²) in [6, 6.07) is 12.0. The zero-order chi connectivity index (χ0) is 22.6. The highest BCUT2D eigenvalue weighted by molar-refractivity contribution is 7.18. The molecule has 0 atom stereocenters. The molecule has 1 N–H and O–H groups in total. The van der Waals surface area contributed by atoms with E-state index in [0.29, 0.717) is 22.6 Å². The lowest BCUT2D eigenvalue weighted by molar-refractivity contribution is -0.137. The maximum atomic E-state index is 13.6. The molecule has 1 saturated carbocycles. The molecular weight excluding hydrogens is 447 g/mol. The highest BCUT2D eigenvalue weighted by Gasteiger charge is 2.34. The molecular formula is C24H16F3N5S. The van der Waals surface area contributed by atoms with Gasteiger partial charge in [0.25, 0.3) is 0 Å². The van der Waals surface area contributed by atoms with Crippen LogP contribution in [0.3, 0.4) is 0 Å². The Morgan fingerprint density at radius 1 is 0.970 bits per heavy atom. The first-order valence-corrected chi connectivity index (χ1v) is 11.2. The summed E-state index contributed by atoms with van der Waals surface area (Å²) < 4.78 is 41.9. The van der Waals surface area contributed by atoms with Crippen LogP contribution < -0.4 is 5.32 Å². The predicted octanol–water partition coefficient (Wildman–Crippen LogP) is 6.94. The number of hydrogen-bond acceptors (Lipinski definition) is 6. The summed E-state index contributed by atoms with van der Waals surface area (Å²) in [5.74, 6) is 1.01. The monoisotopic (exact) mass is 463 g/mol. The molecule has 0 radical (unpaired) electrons. The van der Waals surface area contributed by atoms with Gasteiger partial charge >= 0.3 is 6.18 Å². The fourth-order valence-corrected chi connectivity index (χ4v) is 4.99. The maximum Gasteiger partial charge on any atom is 0.417 e. The number of benzene rings is 1. The Morgan fingerprint density at radius 2 is 1.85 bits per heavy atom. The molecule has 5 nitrogen and oxygen atoms in total. The Labute approximate surface area is 190 Å². The first-order chi connectivity index (χ1) is 16.0. The molecule has 0 unspecified atom stereocenters. The van der Waals surface area contributed by atoms with E-state index in [-0.39, 0.29) is 11.3 Å². The molecule has 1 aromatic carbocycles. The molecule has 0 saturated heterocycles. The van der Waals surface area contributed by atoms with Gasteiger partial charge in [-0.15, -0.1) is 11.3 Å². The average Bonchev–Trinajstić information content (AvgIpc) is 3.57. The fraction of sp³-hybridized carbons (Fsp3) is 0.167. The quantitative estimate of drug-likeness (QED) is 0.313. The SMILES string of the molecule is FC(F)(F)c1ccncc1-c1cc2ncccc2c(Nc2ccc3nc(C4CC4)sc3c2)n1. The number of pyridine rings is 3. The molecule has 0 bridgehead atoms. The van der Waals surface area contributed by atoms with Gasteiger partial charge in [0.15, 0.2) is 0 Å². The van der Waals surface area contributed by atoms with Gasteiger partial charge in [-0.25, -0.2) is 9.97 Å². The molecule has 1 aliphatic carbocycles. The molecule has 4 heterocycles. The summed E-state index contributed by atoms with van der Waals surface area (Å²) in [7, 11) is 0. The van der Waals surface area contributed by atoms with E-state index in [1.165, 1.54) is 19.0 Å². The molecule has 1 fully saturated rings. The average molecular weight is 463 g/mol. The van der Waals surface area contributed by atoms with Crippen LogP contribution in [0.1, 0.15) is 29.3 Å². The lowest BCUT2D eigenvalue weighted by Crippen LogP contribution is -2.08. The van der Waals surface area contributed by atoms with Gasteiger partial charge in [0.1, 0.15) is 5.82 Å². The topological polar surface area (TPSA) is 63.6 Å². The van der Waals surface area contributed by atoms with Crippen LogP contribution in [-0.4, -0.2) is 19.9 Å². The van der Waals surface area contributed by atoms with Crippen LogP contribution in [0.2, 0.25) is 0 Å². The predicted molar refractivity (Wildman–Crippen MR) is 123 cm³/mol. The third-order valence-electron chi connectivity index (χ3n) is 5.60. The first-order valence-electron chi connectivity index (χ1n) is 10.4. The smallest absolute Gasteiger partial charge is 0.340 e. The zero-order valence-corrected chi connectivity index (χ0v) is 17.9. The van der Waals surface area contributed by atoms with Gasteiger partial charge < -0.3 is 5.32 Å². The van der Waals surface area contributed by atoms with E-state index in [4.69, 9.17) is 4.98 Å². The molecule has 0 amide bonds. The van der Waals surface area contributed by atoms with Crippen molar-refractivity contribution in [2.75, 3.05) is 5.32 Å². The molecule has 33 heavy (non-hydrogen) atoms. The van der Waals surface area contributed by atoms with Crippen molar-refractivity contribution in [1.82, 2.24) is 19.9 Å². The van der Waals surface area contributed by atoms with E-state index >= 15 is 0 Å². The van der Waals surface area contributed by atoms with Crippen LogP contribution in [0.4, 0.5) is 24.7 Å². The summed E-state index contributed by atoms with van der Waals surface area (Å²) in [6.45, 7) is 0. The highest BCUT2D eigenvalue weighted by Crippen LogP contribution is 2.44. The number of rotatable bonds is 4. The zero-order valence-electron chi connectivity index (χ0n) is 17.1. The number of fused-ring (bicyclic) bond motifs is 2. The number of thiazole rings is 1. The molecule has 6 rings (SSSR count). The lowest BCUT2D eigenvalue weighted by Gasteiger charge is -2.14.